The molecule has 0 amide bonds. The van der Waals surface area contributed by atoms with Crippen LogP contribution in [0.4, 0.5) is 0 Å². The highest BCUT2D eigenvalue weighted by Gasteiger charge is 2.45. The molecular weight excluding hydrogens is 891 g/mol. The van der Waals surface area contributed by atoms with E-state index in [1.165, 1.54) is 81.4 Å². The van der Waals surface area contributed by atoms with Crippen LogP contribution in [0.3, 0.4) is 0 Å². The number of aromatic nitrogens is 3. The van der Waals surface area contributed by atoms with Crippen molar-refractivity contribution in [1.29, 1.82) is 0 Å². The van der Waals surface area contributed by atoms with Gasteiger partial charge < -0.3 is 4.57 Å². The van der Waals surface area contributed by atoms with Crippen molar-refractivity contribution >= 4 is 66.4 Å². The Balaban J connectivity index is 0.846. The average Bonchev–Trinajstić information content (AvgIpc) is 3.96. The molecule has 3 nitrogen and oxygen atoms in total. The molecule has 0 saturated heterocycles. The molecule has 0 saturated carbocycles. The first-order valence-electron chi connectivity index (χ1n) is 24.6. The Morgan fingerprint density at radius 3 is 1.92 bits per heavy atom. The van der Waals surface area contributed by atoms with E-state index in [-0.39, 0.29) is 5.41 Å². The van der Waals surface area contributed by atoms with Crippen molar-refractivity contribution in [3.05, 3.63) is 283 Å². The molecule has 14 rings (SSSR count). The summed E-state index contributed by atoms with van der Waals surface area (Å²) >= 11 is 1.87. The highest BCUT2D eigenvalue weighted by Crippen LogP contribution is 2.58. The van der Waals surface area contributed by atoms with E-state index in [0.717, 1.165) is 44.5 Å². The lowest BCUT2D eigenvalue weighted by Gasteiger charge is -2.37. The van der Waals surface area contributed by atoms with E-state index in [1.807, 2.05) is 11.8 Å². The molecule has 10 aromatic carbocycles. The number of allylic oxidation sites excluding steroid dienone is 6. The molecule has 72 heavy (non-hydrogen) atoms. The molecule has 4 heteroatoms. The minimum atomic E-state index is -0.346. The second kappa shape index (κ2) is 16.9. The van der Waals surface area contributed by atoms with Crippen molar-refractivity contribution in [2.24, 2.45) is 0 Å². The van der Waals surface area contributed by atoms with Crippen LogP contribution in [0.25, 0.3) is 94.1 Å². The first kappa shape index (κ1) is 42.1. The highest BCUT2D eigenvalue weighted by molar-refractivity contribution is 7.99. The fourth-order valence-electron chi connectivity index (χ4n) is 11.4. The standard InChI is InChI=1S/C68H45N3S/c1-44(16-15-20-51-43-68(58-24-9-7-21-53(51)58)59-25-10-13-28-63(59)72-64-29-14-11-26-60(64)68)45-30-36-50(37-31-45)67-69-61-42-52(39-41-57(61)65(70-67)49-34-32-47(33-35-49)46-17-3-2-4-18-46)71-62-27-12-8-23-55(62)56-40-38-48-19-5-6-22-54(48)66(56)71/h2-43H,1H3/b20-15-,44-16+. The maximum atomic E-state index is 5.38. The molecule has 0 bridgehead atoms. The van der Waals surface area contributed by atoms with Gasteiger partial charge in [-0.15, -0.1) is 0 Å². The first-order chi connectivity index (χ1) is 35.6. The normalized spacial score (nSPS) is 13.8. The van der Waals surface area contributed by atoms with Crippen molar-refractivity contribution < 1.29 is 0 Å². The van der Waals surface area contributed by atoms with Crippen molar-refractivity contribution in [2.75, 3.05) is 0 Å². The molecule has 12 aromatic rings. The first-order valence-corrected chi connectivity index (χ1v) is 25.5. The zero-order valence-electron chi connectivity index (χ0n) is 39.5. The van der Waals surface area contributed by atoms with E-state index in [1.54, 1.807) is 0 Å². The van der Waals surface area contributed by atoms with Gasteiger partial charge in [0.15, 0.2) is 5.82 Å². The summed E-state index contributed by atoms with van der Waals surface area (Å²) in [5.74, 6) is 0.688. The average molecular weight is 936 g/mol. The third kappa shape index (κ3) is 6.75. The zero-order chi connectivity index (χ0) is 47.8. The second-order valence-electron chi connectivity index (χ2n) is 18.9. The third-order valence-electron chi connectivity index (χ3n) is 14.9. The van der Waals surface area contributed by atoms with Crippen LogP contribution in [0.2, 0.25) is 0 Å². The number of hydrogen-bond donors (Lipinski definition) is 0. The van der Waals surface area contributed by atoms with Crippen LogP contribution in [0.1, 0.15) is 34.7 Å². The van der Waals surface area contributed by atoms with E-state index in [9.17, 15) is 0 Å². The zero-order valence-corrected chi connectivity index (χ0v) is 40.3. The Bertz CT molecular complexity index is 4190. The van der Waals surface area contributed by atoms with Gasteiger partial charge in [-0.3, -0.25) is 0 Å². The molecule has 1 aliphatic heterocycles. The number of para-hydroxylation sites is 1. The molecule has 0 N–H and O–H groups in total. The number of hydrogen-bond acceptors (Lipinski definition) is 3. The van der Waals surface area contributed by atoms with Crippen LogP contribution in [0.15, 0.2) is 265 Å². The molecule has 1 aliphatic carbocycles. The minimum absolute atomic E-state index is 0.346. The highest BCUT2D eigenvalue weighted by atomic mass is 32.2. The van der Waals surface area contributed by atoms with Gasteiger partial charge in [0.25, 0.3) is 0 Å². The molecule has 3 heterocycles. The summed E-state index contributed by atoms with van der Waals surface area (Å²) in [6.07, 6.45) is 9.21. The largest absolute Gasteiger partial charge is 0.309 e. The minimum Gasteiger partial charge on any atom is -0.309 e. The van der Waals surface area contributed by atoms with Gasteiger partial charge in [-0.25, -0.2) is 9.97 Å². The number of benzene rings is 10. The lowest BCUT2D eigenvalue weighted by Crippen LogP contribution is -2.29. The van der Waals surface area contributed by atoms with Gasteiger partial charge in [0.05, 0.1) is 27.7 Å². The van der Waals surface area contributed by atoms with E-state index >= 15 is 0 Å². The lowest BCUT2D eigenvalue weighted by atomic mass is 9.71. The molecule has 0 unspecified atom stereocenters. The molecule has 1 spiro atoms. The Kier molecular flexibility index (Phi) is 9.90. The number of nitrogens with zero attached hydrogens (tertiary/aromatic N) is 3. The molecule has 2 aliphatic rings. The number of fused-ring (bicyclic) bond motifs is 12. The molecule has 0 atom stereocenters. The van der Waals surface area contributed by atoms with E-state index in [0.29, 0.717) is 5.82 Å². The Labute approximate surface area is 422 Å². The molecule has 338 valence electrons. The quantitative estimate of drug-likeness (QED) is 0.149. The summed E-state index contributed by atoms with van der Waals surface area (Å²) in [4.78, 5) is 13.4. The van der Waals surface area contributed by atoms with Gasteiger partial charge in [-0.2, -0.15) is 0 Å². The maximum absolute atomic E-state index is 5.38. The fraction of sp³-hybridized carbons (Fsp3) is 0.0294. The SMILES string of the molecule is C/C(=C\C=C/C1=CC2(c3ccccc3Sc3ccccc32)c2ccccc21)c1ccc(-c2nc(-c3ccc(-c4ccccc4)cc3)c3ccc(-n4c5ccccc5c5ccc6ccccc6c54)cc3n2)cc1. The summed E-state index contributed by atoms with van der Waals surface area (Å²) in [7, 11) is 0. The van der Waals surface area contributed by atoms with Crippen molar-refractivity contribution in [3.8, 4) is 39.5 Å². The lowest BCUT2D eigenvalue weighted by molar-refractivity contribution is 0.744. The summed E-state index contributed by atoms with van der Waals surface area (Å²) in [5, 5.41) is 5.90. The topological polar surface area (TPSA) is 30.7 Å². The summed E-state index contributed by atoms with van der Waals surface area (Å²) in [6, 6.07) is 83.4. The van der Waals surface area contributed by atoms with Crippen molar-refractivity contribution in [1.82, 2.24) is 14.5 Å². The predicted molar refractivity (Wildman–Crippen MR) is 302 cm³/mol. The Morgan fingerprint density at radius 2 is 1.12 bits per heavy atom. The summed E-state index contributed by atoms with van der Waals surface area (Å²) in [5.41, 5.74) is 18.1. The van der Waals surface area contributed by atoms with Gasteiger partial charge in [0, 0.05) is 48.2 Å². The van der Waals surface area contributed by atoms with Crippen LogP contribution >= 0.6 is 11.8 Å². The van der Waals surface area contributed by atoms with Gasteiger partial charge in [0.1, 0.15) is 0 Å². The van der Waals surface area contributed by atoms with Crippen molar-refractivity contribution in [3.63, 3.8) is 0 Å². The van der Waals surface area contributed by atoms with E-state index < -0.39 is 0 Å². The molecular formula is C68H45N3S. The second-order valence-corrected chi connectivity index (χ2v) is 20.0. The Hall–Kier alpha value is -8.83. The van der Waals surface area contributed by atoms with Crippen LogP contribution in [-0.4, -0.2) is 14.5 Å². The van der Waals surface area contributed by atoms with E-state index in [2.05, 4.69) is 266 Å². The monoisotopic (exact) mass is 935 g/mol. The fourth-order valence-corrected chi connectivity index (χ4v) is 12.6. The van der Waals surface area contributed by atoms with Crippen LogP contribution in [0, 0.1) is 0 Å². The van der Waals surface area contributed by atoms with Gasteiger partial charge >= 0.3 is 0 Å². The molecule has 0 fully saturated rings. The van der Waals surface area contributed by atoms with Crippen LogP contribution < -0.4 is 0 Å². The smallest absolute Gasteiger partial charge is 0.160 e. The summed E-state index contributed by atoms with van der Waals surface area (Å²) < 4.78 is 2.41. The number of rotatable bonds is 7. The van der Waals surface area contributed by atoms with Gasteiger partial charge in [0.2, 0.25) is 0 Å². The molecule has 0 radical (unpaired) electrons. The van der Waals surface area contributed by atoms with Crippen LogP contribution in [-0.2, 0) is 5.41 Å². The third-order valence-corrected chi connectivity index (χ3v) is 16.0. The van der Waals surface area contributed by atoms with Gasteiger partial charge in [-0.1, -0.05) is 230 Å². The predicted octanol–water partition coefficient (Wildman–Crippen LogP) is 17.7. The molecule has 2 aromatic heterocycles. The Morgan fingerprint density at radius 1 is 0.500 bits per heavy atom. The van der Waals surface area contributed by atoms with E-state index in [4.69, 9.17) is 9.97 Å². The van der Waals surface area contributed by atoms with Crippen molar-refractivity contribution in [2.45, 2.75) is 22.1 Å². The van der Waals surface area contributed by atoms with Crippen LogP contribution in [0.5, 0.6) is 0 Å². The van der Waals surface area contributed by atoms with Gasteiger partial charge in [-0.05, 0) is 98.8 Å². The summed E-state index contributed by atoms with van der Waals surface area (Å²) in [6.45, 7) is 2.19. The maximum Gasteiger partial charge on any atom is 0.160 e.